The van der Waals surface area contributed by atoms with Crippen LogP contribution in [0.3, 0.4) is 0 Å². The van der Waals surface area contributed by atoms with Gasteiger partial charge in [0.2, 0.25) is 11.9 Å². The van der Waals surface area contributed by atoms with Gasteiger partial charge in [-0.2, -0.15) is 0 Å². The van der Waals surface area contributed by atoms with E-state index < -0.39 is 6.04 Å². The molecular weight excluding hydrogens is 346 g/mol. The van der Waals surface area contributed by atoms with Crippen LogP contribution in [0, 0.1) is 0 Å². The van der Waals surface area contributed by atoms with E-state index in [2.05, 4.69) is 15.3 Å². The molecule has 2 heterocycles. The average Bonchev–Trinajstić information content (AvgIpc) is 2.67. The van der Waals surface area contributed by atoms with Gasteiger partial charge in [-0.1, -0.05) is 12.5 Å². The molecule has 1 aromatic rings. The number of nitrogens with two attached hydrogens (primary N) is 2. The molecule has 1 aromatic heterocycles. The Morgan fingerprint density at radius 3 is 2.78 bits per heavy atom. The second-order valence-electron chi connectivity index (χ2n) is 6.67. The summed E-state index contributed by atoms with van der Waals surface area (Å²) in [7, 11) is 3.39. The van der Waals surface area contributed by atoms with Crippen molar-refractivity contribution in [1.82, 2.24) is 15.2 Å². The Balaban J connectivity index is 1.93. The molecule has 0 aromatic carbocycles. The fraction of sp³-hybridized carbons (Fsp3) is 0.556. The number of rotatable bonds is 8. The van der Waals surface area contributed by atoms with Crippen molar-refractivity contribution >= 4 is 23.6 Å². The molecule has 2 rings (SSSR count). The highest BCUT2D eigenvalue weighted by atomic mass is 16.2. The van der Waals surface area contributed by atoms with Gasteiger partial charge in [-0.15, -0.1) is 0 Å². The maximum atomic E-state index is 12.5. The zero-order chi connectivity index (χ0) is 19.8. The van der Waals surface area contributed by atoms with Crippen molar-refractivity contribution in [3.05, 3.63) is 24.4 Å². The predicted octanol–water partition coefficient (Wildman–Crippen LogP) is -0.323. The maximum absolute atomic E-state index is 12.5. The molecule has 0 saturated carbocycles. The number of nitrogens with zero attached hydrogens (tertiary/aromatic N) is 4. The standard InChI is InChI=1S/C18H29N7O2/c1-24(16(26)11-13(20)7-3-5-9-19)14-12-22-18(23-17(14)27)25(2)15-8-4-6-10-21-15/h4,6,8,10,13-14H,3,5,7,9,11-12,19-20H2,1-2H3,(H,22,23,27)/t13-,14?/m0/s1. The van der Waals surface area contributed by atoms with Crippen molar-refractivity contribution in [1.29, 1.82) is 0 Å². The first-order valence-corrected chi connectivity index (χ1v) is 9.15. The number of likely N-dealkylation sites (N-methyl/N-ethyl adjacent to an activating group) is 1. The Bertz CT molecular complexity index is 665. The number of carbonyl (C=O) groups is 2. The van der Waals surface area contributed by atoms with Crippen LogP contribution in [0.5, 0.6) is 0 Å². The van der Waals surface area contributed by atoms with Crippen molar-refractivity contribution in [3.8, 4) is 0 Å². The van der Waals surface area contributed by atoms with Gasteiger partial charge in [0.1, 0.15) is 11.9 Å². The van der Waals surface area contributed by atoms with E-state index in [9.17, 15) is 9.59 Å². The van der Waals surface area contributed by atoms with Crippen molar-refractivity contribution in [2.45, 2.75) is 37.8 Å². The molecule has 5 N–H and O–H groups in total. The summed E-state index contributed by atoms with van der Waals surface area (Å²) in [6.07, 6.45) is 4.40. The molecule has 0 radical (unpaired) electrons. The van der Waals surface area contributed by atoms with Gasteiger partial charge in [-0.25, -0.2) is 9.98 Å². The molecule has 0 fully saturated rings. The zero-order valence-corrected chi connectivity index (χ0v) is 16.0. The third kappa shape index (κ3) is 5.73. The van der Waals surface area contributed by atoms with E-state index in [0.29, 0.717) is 18.3 Å². The third-order valence-electron chi connectivity index (χ3n) is 4.59. The summed E-state index contributed by atoms with van der Waals surface area (Å²) < 4.78 is 0. The molecule has 0 aliphatic carbocycles. The highest BCUT2D eigenvalue weighted by molar-refractivity contribution is 6.08. The first-order chi connectivity index (χ1) is 12.9. The smallest absolute Gasteiger partial charge is 0.251 e. The summed E-state index contributed by atoms with van der Waals surface area (Å²) in [5, 5.41) is 2.75. The number of amides is 2. The first-order valence-electron chi connectivity index (χ1n) is 9.15. The minimum atomic E-state index is -0.644. The summed E-state index contributed by atoms with van der Waals surface area (Å²) in [5.41, 5.74) is 11.5. The summed E-state index contributed by atoms with van der Waals surface area (Å²) in [4.78, 5) is 36.7. The summed E-state index contributed by atoms with van der Waals surface area (Å²) in [6.45, 7) is 0.819. The molecule has 27 heavy (non-hydrogen) atoms. The number of aromatic nitrogens is 1. The average molecular weight is 375 g/mol. The molecule has 1 unspecified atom stereocenters. The van der Waals surface area contributed by atoms with Gasteiger partial charge in [0.25, 0.3) is 5.91 Å². The van der Waals surface area contributed by atoms with Crippen LogP contribution >= 0.6 is 0 Å². The van der Waals surface area contributed by atoms with Crippen LogP contribution in [-0.2, 0) is 9.59 Å². The summed E-state index contributed by atoms with van der Waals surface area (Å²) in [5.74, 6) is 0.652. The topological polar surface area (TPSA) is 130 Å². The molecule has 0 bridgehead atoms. The van der Waals surface area contributed by atoms with Gasteiger partial charge < -0.3 is 16.4 Å². The number of hydrogen-bond donors (Lipinski definition) is 3. The number of pyridine rings is 1. The van der Waals surface area contributed by atoms with Crippen molar-refractivity contribution in [2.75, 3.05) is 32.1 Å². The molecule has 9 nitrogen and oxygen atoms in total. The van der Waals surface area contributed by atoms with E-state index in [4.69, 9.17) is 11.5 Å². The Kier molecular flexibility index (Phi) is 7.68. The SMILES string of the molecule is CN(C1=NCC(N(C)C(=O)C[C@@H](N)CCCCN)C(=O)N1)c1ccccn1. The highest BCUT2D eigenvalue weighted by Crippen LogP contribution is 2.12. The van der Waals surface area contributed by atoms with Crippen LogP contribution in [0.25, 0.3) is 0 Å². The number of aliphatic imine (C=N–C) groups is 1. The van der Waals surface area contributed by atoms with Crippen LogP contribution in [0.1, 0.15) is 25.7 Å². The summed E-state index contributed by atoms with van der Waals surface area (Å²) >= 11 is 0. The molecule has 2 atom stereocenters. The zero-order valence-electron chi connectivity index (χ0n) is 16.0. The molecule has 148 valence electrons. The predicted molar refractivity (Wildman–Crippen MR) is 105 cm³/mol. The molecule has 0 saturated heterocycles. The van der Waals surface area contributed by atoms with Crippen LogP contribution < -0.4 is 21.7 Å². The van der Waals surface area contributed by atoms with Gasteiger partial charge >= 0.3 is 0 Å². The van der Waals surface area contributed by atoms with Crippen LogP contribution in [0.4, 0.5) is 5.82 Å². The Morgan fingerprint density at radius 1 is 1.37 bits per heavy atom. The number of guanidine groups is 1. The van der Waals surface area contributed by atoms with E-state index in [1.54, 1.807) is 25.2 Å². The quantitative estimate of drug-likeness (QED) is 0.534. The Hall–Kier alpha value is -2.52. The third-order valence-corrected chi connectivity index (χ3v) is 4.59. The normalized spacial score (nSPS) is 17.7. The van der Waals surface area contributed by atoms with E-state index in [-0.39, 0.29) is 30.8 Å². The van der Waals surface area contributed by atoms with Gasteiger partial charge in [-0.05, 0) is 31.5 Å². The molecule has 1 aliphatic rings. The van der Waals surface area contributed by atoms with Gasteiger partial charge in [0.05, 0.1) is 6.54 Å². The largest absolute Gasteiger partial charge is 0.332 e. The highest BCUT2D eigenvalue weighted by Gasteiger charge is 2.32. The Labute approximate surface area is 159 Å². The fourth-order valence-corrected chi connectivity index (χ4v) is 2.83. The lowest BCUT2D eigenvalue weighted by Crippen LogP contribution is -2.57. The van der Waals surface area contributed by atoms with E-state index in [1.807, 2.05) is 18.2 Å². The van der Waals surface area contributed by atoms with Crippen molar-refractivity contribution in [2.24, 2.45) is 16.5 Å². The van der Waals surface area contributed by atoms with Crippen molar-refractivity contribution in [3.63, 3.8) is 0 Å². The Morgan fingerprint density at radius 2 is 2.15 bits per heavy atom. The second kappa shape index (κ2) is 9.98. The van der Waals surface area contributed by atoms with Crippen LogP contribution in [-0.4, -0.2) is 66.9 Å². The molecule has 1 aliphatic heterocycles. The van der Waals surface area contributed by atoms with Gasteiger partial charge in [-0.3, -0.25) is 19.8 Å². The number of unbranched alkanes of at least 4 members (excludes halogenated alkanes) is 1. The number of hydrogen-bond acceptors (Lipinski definition) is 7. The van der Waals surface area contributed by atoms with E-state index in [1.165, 1.54) is 4.90 Å². The van der Waals surface area contributed by atoms with Gasteiger partial charge in [0, 0.05) is 32.8 Å². The van der Waals surface area contributed by atoms with E-state index in [0.717, 1.165) is 19.3 Å². The number of carbonyl (C=O) groups excluding carboxylic acids is 2. The molecule has 9 heteroatoms. The summed E-state index contributed by atoms with van der Waals surface area (Å²) in [6, 6.07) is 4.62. The lowest BCUT2D eigenvalue weighted by atomic mass is 10.1. The maximum Gasteiger partial charge on any atom is 0.251 e. The van der Waals surface area contributed by atoms with Gasteiger partial charge in [0.15, 0.2) is 0 Å². The van der Waals surface area contributed by atoms with Crippen LogP contribution in [0.15, 0.2) is 29.4 Å². The minimum Gasteiger partial charge on any atom is -0.332 e. The van der Waals surface area contributed by atoms with Crippen LogP contribution in [0.2, 0.25) is 0 Å². The fourth-order valence-electron chi connectivity index (χ4n) is 2.83. The molecule has 0 spiro atoms. The molecule has 2 amide bonds. The number of nitrogens with one attached hydrogen (secondary N) is 1. The number of anilines is 1. The van der Waals surface area contributed by atoms with E-state index >= 15 is 0 Å². The molecular formula is C18H29N7O2. The minimum absolute atomic E-state index is 0.160. The monoisotopic (exact) mass is 375 g/mol. The lowest BCUT2D eigenvalue weighted by molar-refractivity contribution is -0.138. The lowest BCUT2D eigenvalue weighted by Gasteiger charge is -2.32. The second-order valence-corrected chi connectivity index (χ2v) is 6.67. The van der Waals surface area contributed by atoms with Crippen molar-refractivity contribution < 1.29 is 9.59 Å². The first kappa shape index (κ1) is 20.8.